The number of hydrogen-bond donors (Lipinski definition) is 3. The van der Waals surface area contributed by atoms with Crippen LogP contribution < -0.4 is 5.32 Å². The van der Waals surface area contributed by atoms with E-state index in [1.54, 1.807) is 6.07 Å². The Morgan fingerprint density at radius 2 is 2.15 bits per heavy atom. The first-order chi connectivity index (χ1) is 9.65. The fourth-order valence-corrected chi connectivity index (χ4v) is 2.52. The van der Waals surface area contributed by atoms with Crippen LogP contribution in [0.25, 0.3) is 11.4 Å². The van der Waals surface area contributed by atoms with Crippen LogP contribution in [-0.4, -0.2) is 26.9 Å². The Labute approximate surface area is 116 Å². The first-order valence-corrected chi connectivity index (χ1v) is 6.74. The maximum Gasteiger partial charge on any atom is 0.244 e. The molecule has 0 aliphatic carbocycles. The van der Waals surface area contributed by atoms with Gasteiger partial charge in [-0.2, -0.15) is 4.98 Å². The van der Waals surface area contributed by atoms with E-state index < -0.39 is 0 Å². The highest BCUT2D eigenvalue weighted by Gasteiger charge is 2.27. The molecule has 0 bridgehead atoms. The summed E-state index contributed by atoms with van der Waals surface area (Å²) < 4.78 is 5.33. The number of aromatic nitrogens is 2. The van der Waals surface area contributed by atoms with Gasteiger partial charge in [-0.25, -0.2) is 0 Å². The third-order valence-corrected chi connectivity index (χ3v) is 3.71. The van der Waals surface area contributed by atoms with Crippen LogP contribution in [-0.2, 0) is 0 Å². The fourth-order valence-electron chi connectivity index (χ4n) is 2.52. The van der Waals surface area contributed by atoms with E-state index in [2.05, 4.69) is 22.4 Å². The van der Waals surface area contributed by atoms with Crippen LogP contribution in [0.4, 0.5) is 0 Å². The highest BCUT2D eigenvalue weighted by atomic mass is 16.5. The lowest BCUT2D eigenvalue weighted by Gasteiger charge is -2.26. The lowest BCUT2D eigenvalue weighted by molar-refractivity contribution is 0.239. The van der Waals surface area contributed by atoms with Crippen molar-refractivity contribution >= 4 is 0 Å². The molecular weight excluding hydrogens is 258 g/mol. The zero-order chi connectivity index (χ0) is 14.1. The summed E-state index contributed by atoms with van der Waals surface area (Å²) >= 11 is 0. The molecule has 0 radical (unpaired) electrons. The molecule has 1 aliphatic heterocycles. The van der Waals surface area contributed by atoms with Gasteiger partial charge in [0, 0.05) is 5.56 Å². The van der Waals surface area contributed by atoms with Crippen LogP contribution in [0.15, 0.2) is 22.7 Å². The second kappa shape index (κ2) is 5.13. The number of nitrogens with one attached hydrogen (secondary N) is 1. The van der Waals surface area contributed by atoms with Gasteiger partial charge in [0.1, 0.15) is 0 Å². The number of phenolic OH excluding ortho intramolecular Hbond substituents is 2. The van der Waals surface area contributed by atoms with Crippen molar-refractivity contribution in [2.45, 2.75) is 25.8 Å². The zero-order valence-electron chi connectivity index (χ0n) is 11.2. The van der Waals surface area contributed by atoms with Crippen molar-refractivity contribution in [2.24, 2.45) is 5.92 Å². The Morgan fingerprint density at radius 3 is 2.90 bits per heavy atom. The van der Waals surface area contributed by atoms with E-state index in [4.69, 9.17) is 4.52 Å². The minimum absolute atomic E-state index is 0.0794. The predicted octanol–water partition coefficient (Wildman–Crippen LogP) is 2.21. The molecule has 6 nitrogen and oxygen atoms in total. The lowest BCUT2D eigenvalue weighted by Crippen LogP contribution is -2.33. The molecule has 1 aromatic carbocycles. The van der Waals surface area contributed by atoms with Gasteiger partial charge in [0.2, 0.25) is 11.7 Å². The number of rotatable bonds is 2. The first kappa shape index (κ1) is 12.9. The molecule has 3 N–H and O–H groups in total. The minimum atomic E-state index is -0.196. The summed E-state index contributed by atoms with van der Waals surface area (Å²) in [5.41, 5.74) is 0.610. The van der Waals surface area contributed by atoms with Crippen LogP contribution in [0.1, 0.15) is 31.7 Å². The van der Waals surface area contributed by atoms with Gasteiger partial charge in [0.25, 0.3) is 0 Å². The molecule has 6 heteroatoms. The molecule has 0 amide bonds. The molecule has 1 aromatic heterocycles. The summed E-state index contributed by atoms with van der Waals surface area (Å²) in [6.45, 7) is 3.11. The number of aromatic hydroxyl groups is 2. The van der Waals surface area contributed by atoms with Crippen molar-refractivity contribution in [2.75, 3.05) is 6.54 Å². The standard InChI is InChI=1S/C14H17N3O3/c1-8-3-2-6-15-12(8)14-16-13(17-20-14)9-4-5-10(18)11(19)7-9/h4-5,7-8,12,15,18-19H,2-3,6H2,1H3. The van der Waals surface area contributed by atoms with Crippen molar-refractivity contribution in [1.29, 1.82) is 0 Å². The average Bonchev–Trinajstić information content (AvgIpc) is 2.92. The summed E-state index contributed by atoms with van der Waals surface area (Å²) in [7, 11) is 0. The number of nitrogens with zero attached hydrogens (tertiary/aromatic N) is 2. The molecule has 0 saturated carbocycles. The van der Waals surface area contributed by atoms with E-state index in [1.165, 1.54) is 12.1 Å². The van der Waals surface area contributed by atoms with E-state index >= 15 is 0 Å². The minimum Gasteiger partial charge on any atom is -0.504 e. The summed E-state index contributed by atoms with van der Waals surface area (Å²) in [4.78, 5) is 4.39. The molecule has 2 unspecified atom stereocenters. The van der Waals surface area contributed by atoms with E-state index in [9.17, 15) is 10.2 Å². The molecule has 2 atom stereocenters. The Bertz CT molecular complexity index is 611. The van der Waals surface area contributed by atoms with E-state index in [0.717, 1.165) is 19.4 Å². The summed E-state index contributed by atoms with van der Waals surface area (Å²) in [6.07, 6.45) is 2.29. The average molecular weight is 275 g/mol. The number of benzene rings is 1. The Morgan fingerprint density at radius 1 is 1.30 bits per heavy atom. The highest BCUT2D eigenvalue weighted by molar-refractivity contribution is 5.59. The smallest absolute Gasteiger partial charge is 0.244 e. The second-order valence-corrected chi connectivity index (χ2v) is 5.21. The number of piperidine rings is 1. The van der Waals surface area contributed by atoms with Crippen LogP contribution in [0, 0.1) is 5.92 Å². The van der Waals surface area contributed by atoms with Crippen molar-refractivity contribution in [3.8, 4) is 22.9 Å². The molecule has 2 aromatic rings. The third-order valence-electron chi connectivity index (χ3n) is 3.71. The highest BCUT2D eigenvalue weighted by Crippen LogP contribution is 2.31. The predicted molar refractivity (Wildman–Crippen MR) is 72.2 cm³/mol. The van der Waals surface area contributed by atoms with Crippen molar-refractivity contribution in [3.05, 3.63) is 24.1 Å². The maximum atomic E-state index is 9.51. The molecule has 1 saturated heterocycles. The fraction of sp³-hybridized carbons (Fsp3) is 0.429. The molecule has 106 valence electrons. The maximum absolute atomic E-state index is 9.51. The van der Waals surface area contributed by atoms with Gasteiger partial charge in [-0.1, -0.05) is 12.1 Å². The van der Waals surface area contributed by atoms with Gasteiger partial charge in [-0.3, -0.25) is 0 Å². The molecular formula is C14H17N3O3. The number of phenols is 2. The molecule has 3 rings (SSSR count). The van der Waals surface area contributed by atoms with Crippen LogP contribution >= 0.6 is 0 Å². The Kier molecular flexibility index (Phi) is 3.31. The van der Waals surface area contributed by atoms with Crippen molar-refractivity contribution < 1.29 is 14.7 Å². The van der Waals surface area contributed by atoms with Gasteiger partial charge < -0.3 is 20.1 Å². The van der Waals surface area contributed by atoms with Crippen molar-refractivity contribution in [3.63, 3.8) is 0 Å². The summed E-state index contributed by atoms with van der Waals surface area (Å²) in [6, 6.07) is 4.54. The van der Waals surface area contributed by atoms with Gasteiger partial charge in [-0.05, 0) is 43.5 Å². The molecule has 20 heavy (non-hydrogen) atoms. The molecule has 2 heterocycles. The van der Waals surface area contributed by atoms with Crippen LogP contribution in [0.2, 0.25) is 0 Å². The summed E-state index contributed by atoms with van der Waals surface area (Å²) in [5.74, 6) is 1.07. The summed E-state index contributed by atoms with van der Waals surface area (Å²) in [5, 5.41) is 26.2. The quantitative estimate of drug-likeness (QED) is 0.728. The molecule has 0 spiro atoms. The van der Waals surface area contributed by atoms with Gasteiger partial charge in [0.15, 0.2) is 11.5 Å². The largest absolute Gasteiger partial charge is 0.504 e. The molecule has 1 fully saturated rings. The SMILES string of the molecule is CC1CCCNC1c1nc(-c2ccc(O)c(O)c2)no1. The van der Waals surface area contributed by atoms with Gasteiger partial charge >= 0.3 is 0 Å². The first-order valence-electron chi connectivity index (χ1n) is 6.74. The Balaban J connectivity index is 1.87. The normalized spacial score (nSPS) is 22.9. The Hall–Kier alpha value is -2.08. The third kappa shape index (κ3) is 2.34. The van der Waals surface area contributed by atoms with E-state index in [0.29, 0.717) is 23.2 Å². The molecule has 1 aliphatic rings. The van der Waals surface area contributed by atoms with Crippen LogP contribution in [0.3, 0.4) is 0 Å². The zero-order valence-corrected chi connectivity index (χ0v) is 11.2. The van der Waals surface area contributed by atoms with E-state index in [1.807, 2.05) is 0 Å². The topological polar surface area (TPSA) is 91.4 Å². The number of hydrogen-bond acceptors (Lipinski definition) is 6. The van der Waals surface area contributed by atoms with E-state index in [-0.39, 0.29) is 17.5 Å². The van der Waals surface area contributed by atoms with Crippen LogP contribution in [0.5, 0.6) is 11.5 Å². The van der Waals surface area contributed by atoms with Gasteiger partial charge in [0.05, 0.1) is 6.04 Å². The van der Waals surface area contributed by atoms with Crippen molar-refractivity contribution in [1.82, 2.24) is 15.5 Å². The van der Waals surface area contributed by atoms with Gasteiger partial charge in [-0.15, -0.1) is 0 Å². The lowest BCUT2D eigenvalue weighted by atomic mass is 9.93. The monoisotopic (exact) mass is 275 g/mol. The second-order valence-electron chi connectivity index (χ2n) is 5.21.